The minimum Gasteiger partial charge on any atom is -0.354 e. The van der Waals surface area contributed by atoms with Gasteiger partial charge in [0.25, 0.3) is 0 Å². The molecule has 26 heavy (non-hydrogen) atoms. The Labute approximate surface area is 153 Å². The number of amides is 1. The molecule has 0 saturated heterocycles. The number of hydrogen-bond donors (Lipinski definition) is 1. The van der Waals surface area contributed by atoms with Gasteiger partial charge in [0.1, 0.15) is 6.04 Å². The molecular formula is C18H22N4O3S. The van der Waals surface area contributed by atoms with Crippen molar-refractivity contribution in [2.75, 3.05) is 13.1 Å². The van der Waals surface area contributed by atoms with E-state index >= 15 is 0 Å². The number of rotatable bonds is 5. The van der Waals surface area contributed by atoms with E-state index in [1.165, 1.54) is 4.31 Å². The molecule has 1 aliphatic heterocycles. The smallest absolute Gasteiger partial charge is 0.244 e. The monoisotopic (exact) mass is 374 g/mol. The van der Waals surface area contributed by atoms with Crippen molar-refractivity contribution < 1.29 is 13.2 Å². The van der Waals surface area contributed by atoms with E-state index in [-0.39, 0.29) is 23.9 Å². The van der Waals surface area contributed by atoms with Crippen molar-refractivity contribution in [1.82, 2.24) is 19.2 Å². The Morgan fingerprint density at radius 3 is 2.69 bits per heavy atom. The third kappa shape index (κ3) is 3.26. The van der Waals surface area contributed by atoms with Crippen LogP contribution in [0.3, 0.4) is 0 Å². The van der Waals surface area contributed by atoms with Gasteiger partial charge in [0.05, 0.1) is 23.5 Å². The van der Waals surface area contributed by atoms with E-state index < -0.39 is 16.1 Å². The number of hydrogen-bond acceptors (Lipinski definition) is 4. The second-order valence-corrected chi connectivity index (χ2v) is 9.05. The molecule has 1 aromatic carbocycles. The van der Waals surface area contributed by atoms with Crippen LogP contribution in [0.2, 0.25) is 0 Å². The Morgan fingerprint density at radius 1 is 1.27 bits per heavy atom. The largest absolute Gasteiger partial charge is 0.354 e. The number of nitrogens with zero attached hydrogens (tertiary/aromatic N) is 3. The van der Waals surface area contributed by atoms with Crippen LogP contribution in [0.1, 0.15) is 30.1 Å². The molecule has 1 amide bonds. The molecule has 8 heteroatoms. The first-order valence-corrected chi connectivity index (χ1v) is 10.2. The molecule has 2 heterocycles. The molecule has 2 aliphatic rings. The molecule has 1 saturated carbocycles. The van der Waals surface area contributed by atoms with Crippen LogP contribution in [-0.2, 0) is 21.4 Å². The van der Waals surface area contributed by atoms with Crippen molar-refractivity contribution in [3.8, 4) is 0 Å². The molecule has 1 aliphatic carbocycles. The highest BCUT2D eigenvalue weighted by Crippen LogP contribution is 2.29. The predicted molar refractivity (Wildman–Crippen MR) is 95.8 cm³/mol. The van der Waals surface area contributed by atoms with Gasteiger partial charge in [-0.25, -0.2) is 13.4 Å². The number of aromatic nitrogens is 2. The van der Waals surface area contributed by atoms with Gasteiger partial charge in [-0.15, -0.1) is 0 Å². The molecule has 0 spiro atoms. The number of carbonyl (C=O) groups excluding carboxylic acids is 1. The molecule has 1 atom stereocenters. The van der Waals surface area contributed by atoms with E-state index in [4.69, 9.17) is 0 Å². The van der Waals surface area contributed by atoms with Crippen molar-refractivity contribution in [2.45, 2.75) is 37.2 Å². The molecule has 138 valence electrons. The summed E-state index contributed by atoms with van der Waals surface area (Å²) in [7, 11) is -3.67. The van der Waals surface area contributed by atoms with Gasteiger partial charge in [-0.3, -0.25) is 4.79 Å². The lowest BCUT2D eigenvalue weighted by molar-refractivity contribution is -0.125. The molecular weight excluding hydrogens is 352 g/mol. The first-order chi connectivity index (χ1) is 12.4. The molecule has 1 fully saturated rings. The predicted octanol–water partition coefficient (Wildman–Crippen LogP) is 1.46. The maximum absolute atomic E-state index is 13.0. The molecule has 1 aromatic heterocycles. The second-order valence-electron chi connectivity index (χ2n) is 7.11. The second kappa shape index (κ2) is 6.51. The van der Waals surface area contributed by atoms with Crippen LogP contribution < -0.4 is 5.32 Å². The Bertz CT molecular complexity index is 916. The van der Waals surface area contributed by atoms with Crippen molar-refractivity contribution >= 4 is 15.9 Å². The Kier molecular flexibility index (Phi) is 4.32. The lowest BCUT2D eigenvalue weighted by Gasteiger charge is -2.33. The number of aryl methyl sites for hydroxylation is 1. The van der Waals surface area contributed by atoms with E-state index in [0.29, 0.717) is 12.5 Å². The Morgan fingerprint density at radius 2 is 2.00 bits per heavy atom. The molecule has 0 bridgehead atoms. The van der Waals surface area contributed by atoms with E-state index in [1.54, 1.807) is 41.4 Å². The van der Waals surface area contributed by atoms with Crippen LogP contribution >= 0.6 is 0 Å². The van der Waals surface area contributed by atoms with Gasteiger partial charge in [-0.05, 0) is 37.8 Å². The van der Waals surface area contributed by atoms with Crippen molar-refractivity contribution in [3.63, 3.8) is 0 Å². The quantitative estimate of drug-likeness (QED) is 0.859. The van der Waals surface area contributed by atoms with Crippen LogP contribution in [0, 0.1) is 12.8 Å². The van der Waals surface area contributed by atoms with E-state index in [9.17, 15) is 13.2 Å². The zero-order chi connectivity index (χ0) is 18.3. The highest BCUT2D eigenvalue weighted by Gasteiger charge is 2.37. The van der Waals surface area contributed by atoms with Gasteiger partial charge >= 0.3 is 0 Å². The summed E-state index contributed by atoms with van der Waals surface area (Å²) >= 11 is 0. The van der Waals surface area contributed by atoms with Crippen molar-refractivity contribution in [2.24, 2.45) is 5.92 Å². The fourth-order valence-corrected chi connectivity index (χ4v) is 4.62. The zero-order valence-corrected chi connectivity index (χ0v) is 15.4. The van der Waals surface area contributed by atoms with Gasteiger partial charge < -0.3 is 9.88 Å². The van der Waals surface area contributed by atoms with Crippen LogP contribution in [-0.4, -0.2) is 41.3 Å². The summed E-state index contributed by atoms with van der Waals surface area (Å²) in [4.78, 5) is 17.0. The van der Waals surface area contributed by atoms with Crippen LogP contribution in [0.5, 0.6) is 0 Å². The lowest BCUT2D eigenvalue weighted by Crippen LogP contribution is -2.46. The van der Waals surface area contributed by atoms with Gasteiger partial charge in [-0.1, -0.05) is 17.7 Å². The molecule has 4 rings (SSSR count). The van der Waals surface area contributed by atoms with Gasteiger partial charge in [0.15, 0.2) is 0 Å². The third-order valence-corrected chi connectivity index (χ3v) is 6.85. The first-order valence-electron chi connectivity index (χ1n) is 8.80. The fraction of sp³-hybridized carbons (Fsp3) is 0.444. The summed E-state index contributed by atoms with van der Waals surface area (Å²) in [6.45, 7) is 2.89. The van der Waals surface area contributed by atoms with Crippen LogP contribution in [0.25, 0.3) is 0 Å². The molecule has 1 N–H and O–H groups in total. The molecule has 0 unspecified atom stereocenters. The topological polar surface area (TPSA) is 84.3 Å². The van der Waals surface area contributed by atoms with E-state index in [1.807, 2.05) is 6.92 Å². The van der Waals surface area contributed by atoms with Gasteiger partial charge in [0, 0.05) is 19.3 Å². The van der Waals surface area contributed by atoms with Crippen molar-refractivity contribution in [3.05, 3.63) is 48.0 Å². The van der Waals surface area contributed by atoms with Crippen LogP contribution in [0.15, 0.2) is 41.7 Å². The first kappa shape index (κ1) is 17.2. The SMILES string of the molecule is Cc1ccc(S(=O)(=O)N2Cc3cncn3[C@@H](C(=O)NCC3CC3)C2)cc1. The maximum Gasteiger partial charge on any atom is 0.244 e. The van der Waals surface area contributed by atoms with Crippen LogP contribution in [0.4, 0.5) is 0 Å². The highest BCUT2D eigenvalue weighted by atomic mass is 32.2. The average Bonchev–Trinajstić information content (AvgIpc) is 3.34. The third-order valence-electron chi connectivity index (χ3n) is 5.02. The highest BCUT2D eigenvalue weighted by molar-refractivity contribution is 7.89. The summed E-state index contributed by atoms with van der Waals surface area (Å²) in [6, 6.07) is 6.18. The summed E-state index contributed by atoms with van der Waals surface area (Å²) in [6.07, 6.45) is 5.52. The summed E-state index contributed by atoms with van der Waals surface area (Å²) in [5.41, 5.74) is 1.72. The minimum absolute atomic E-state index is 0.107. The maximum atomic E-state index is 13.0. The van der Waals surface area contributed by atoms with Gasteiger partial charge in [0.2, 0.25) is 15.9 Å². The Balaban J connectivity index is 1.60. The minimum atomic E-state index is -3.67. The molecule has 0 radical (unpaired) electrons. The lowest BCUT2D eigenvalue weighted by atomic mass is 10.2. The Hall–Kier alpha value is -2.19. The number of fused-ring (bicyclic) bond motifs is 1. The number of sulfonamides is 1. The fourth-order valence-electron chi connectivity index (χ4n) is 3.20. The zero-order valence-electron chi connectivity index (χ0n) is 14.6. The van der Waals surface area contributed by atoms with Gasteiger partial charge in [-0.2, -0.15) is 4.31 Å². The van der Waals surface area contributed by atoms with E-state index in [2.05, 4.69) is 10.3 Å². The number of nitrogens with one attached hydrogen (secondary N) is 1. The number of carbonyl (C=O) groups is 1. The molecule has 7 nitrogen and oxygen atoms in total. The average molecular weight is 374 g/mol. The number of imidazole rings is 1. The summed E-state index contributed by atoms with van der Waals surface area (Å²) < 4.78 is 29.2. The standard InChI is InChI=1S/C18H22N4O3S/c1-13-2-6-16(7-3-13)26(24,25)21-10-15-9-19-12-22(15)17(11-21)18(23)20-8-14-4-5-14/h2-3,6-7,9,12,14,17H,4-5,8,10-11H2,1H3,(H,20,23)/t17-/m1/s1. The van der Waals surface area contributed by atoms with E-state index in [0.717, 1.165) is 24.1 Å². The molecule has 2 aromatic rings. The summed E-state index contributed by atoms with van der Waals surface area (Å²) in [5.74, 6) is 0.414. The summed E-state index contributed by atoms with van der Waals surface area (Å²) in [5, 5.41) is 2.96. The van der Waals surface area contributed by atoms with Crippen molar-refractivity contribution in [1.29, 1.82) is 0 Å². The number of benzene rings is 1. The normalized spacial score (nSPS) is 20.6.